The van der Waals surface area contributed by atoms with Crippen LogP contribution in [0.5, 0.6) is 0 Å². The molecule has 142 valence electrons. The Hall–Kier alpha value is -2.22. The highest BCUT2D eigenvalue weighted by molar-refractivity contribution is 7.87. The number of aromatic nitrogens is 3. The van der Waals surface area contributed by atoms with E-state index in [1.54, 1.807) is 0 Å². The second kappa shape index (κ2) is 5.64. The van der Waals surface area contributed by atoms with Crippen LogP contribution in [-0.2, 0) is 10.2 Å². The molecule has 2 saturated carbocycles. The van der Waals surface area contributed by atoms with Crippen LogP contribution in [0.3, 0.4) is 0 Å². The molecule has 27 heavy (non-hydrogen) atoms. The second-order valence-corrected chi connectivity index (χ2v) is 9.66. The zero-order valence-electron chi connectivity index (χ0n) is 15.0. The van der Waals surface area contributed by atoms with E-state index >= 15 is 0 Å². The quantitative estimate of drug-likeness (QED) is 0.776. The topological polar surface area (TPSA) is 118 Å². The first-order valence-corrected chi connectivity index (χ1v) is 10.6. The minimum atomic E-state index is -3.53. The van der Waals surface area contributed by atoms with Crippen molar-refractivity contribution in [3.63, 3.8) is 0 Å². The largest absolute Gasteiger partial charge is 0.356 e. The number of hydrogen-bond donors (Lipinski definition) is 2. The van der Waals surface area contributed by atoms with Crippen LogP contribution in [0.1, 0.15) is 19.3 Å². The summed E-state index contributed by atoms with van der Waals surface area (Å²) in [4.78, 5) is 13.8. The van der Waals surface area contributed by atoms with Crippen molar-refractivity contribution < 1.29 is 8.42 Å². The molecule has 2 N–H and O–H groups in total. The van der Waals surface area contributed by atoms with E-state index in [0.717, 1.165) is 36.1 Å². The minimum Gasteiger partial charge on any atom is -0.356 e. The summed E-state index contributed by atoms with van der Waals surface area (Å²) in [6, 6.07) is 4.39. The van der Waals surface area contributed by atoms with Crippen LogP contribution in [-0.4, -0.2) is 59.9 Å². The molecule has 3 heterocycles. The minimum absolute atomic E-state index is 0.0824. The van der Waals surface area contributed by atoms with Gasteiger partial charge in [-0.2, -0.15) is 22.7 Å². The Balaban J connectivity index is 1.21. The van der Waals surface area contributed by atoms with Gasteiger partial charge < -0.3 is 9.88 Å². The van der Waals surface area contributed by atoms with E-state index in [1.165, 1.54) is 10.6 Å². The van der Waals surface area contributed by atoms with E-state index in [1.807, 2.05) is 19.3 Å². The fraction of sp³-hybridized carbons (Fsp3) is 0.588. The molecular weight excluding hydrogens is 366 g/mol. The molecule has 0 bridgehead atoms. The van der Waals surface area contributed by atoms with Crippen LogP contribution in [0.4, 0.5) is 5.82 Å². The fourth-order valence-corrected chi connectivity index (χ4v) is 5.93. The van der Waals surface area contributed by atoms with Crippen LogP contribution in [0, 0.1) is 22.7 Å². The van der Waals surface area contributed by atoms with Crippen LogP contribution in [0.2, 0.25) is 0 Å². The maximum absolute atomic E-state index is 12.6. The SMILES string of the molecule is CN(c1ncnc2[nH]ccc12)[C@H]1C[C@@H](NS(=O)(=O)N2CC3CC3(C#N)C2)C1. The Bertz CT molecular complexity index is 1040. The van der Waals surface area contributed by atoms with E-state index in [-0.39, 0.29) is 18.0 Å². The third-order valence-corrected chi connectivity index (χ3v) is 7.91. The van der Waals surface area contributed by atoms with Crippen LogP contribution < -0.4 is 9.62 Å². The normalized spacial score (nSPS) is 32.7. The number of fused-ring (bicyclic) bond motifs is 2. The molecule has 10 heteroatoms. The number of H-pyrrole nitrogens is 1. The van der Waals surface area contributed by atoms with Crippen molar-refractivity contribution in [1.82, 2.24) is 24.0 Å². The number of piperidine rings is 1. The molecule has 2 aromatic heterocycles. The molecule has 2 aromatic rings. The van der Waals surface area contributed by atoms with E-state index in [9.17, 15) is 13.7 Å². The van der Waals surface area contributed by atoms with Gasteiger partial charge in [-0.1, -0.05) is 0 Å². The van der Waals surface area contributed by atoms with Gasteiger partial charge in [0, 0.05) is 38.4 Å². The van der Waals surface area contributed by atoms with Crippen molar-refractivity contribution in [2.24, 2.45) is 11.3 Å². The molecule has 3 fully saturated rings. The summed E-state index contributed by atoms with van der Waals surface area (Å²) in [6.07, 6.45) is 5.66. The lowest BCUT2D eigenvalue weighted by atomic mass is 9.86. The van der Waals surface area contributed by atoms with Crippen molar-refractivity contribution in [3.8, 4) is 6.07 Å². The number of rotatable bonds is 5. The highest BCUT2D eigenvalue weighted by Crippen LogP contribution is 2.57. The molecule has 0 spiro atoms. The lowest BCUT2D eigenvalue weighted by Crippen LogP contribution is -2.55. The number of anilines is 1. The molecule has 2 unspecified atom stereocenters. The fourth-order valence-electron chi connectivity index (χ4n) is 4.39. The van der Waals surface area contributed by atoms with Gasteiger partial charge in [0.25, 0.3) is 10.2 Å². The summed E-state index contributed by atoms with van der Waals surface area (Å²) in [5, 5.41) is 10.2. The lowest BCUT2D eigenvalue weighted by molar-refractivity contribution is 0.306. The Kier molecular flexibility index (Phi) is 3.53. The number of nitriles is 1. The maximum Gasteiger partial charge on any atom is 0.279 e. The van der Waals surface area contributed by atoms with Gasteiger partial charge in [-0.25, -0.2) is 9.97 Å². The molecule has 2 atom stereocenters. The summed E-state index contributed by atoms with van der Waals surface area (Å²) >= 11 is 0. The van der Waals surface area contributed by atoms with Gasteiger partial charge in [0.05, 0.1) is 16.9 Å². The number of hydrogen-bond acceptors (Lipinski definition) is 6. The molecule has 0 amide bonds. The first-order valence-electron chi connectivity index (χ1n) is 9.11. The Labute approximate surface area is 157 Å². The first kappa shape index (κ1) is 16.9. The van der Waals surface area contributed by atoms with E-state index in [4.69, 9.17) is 0 Å². The Morgan fingerprint density at radius 3 is 3.00 bits per heavy atom. The highest BCUT2D eigenvalue weighted by Gasteiger charge is 2.63. The van der Waals surface area contributed by atoms with Gasteiger partial charge in [0.15, 0.2) is 0 Å². The lowest BCUT2D eigenvalue weighted by Gasteiger charge is -2.42. The summed E-state index contributed by atoms with van der Waals surface area (Å²) in [7, 11) is -1.55. The standard InChI is InChI=1S/C17H21N7O2S/c1-23(16-14-2-3-19-15(14)20-10-21-16)13-4-12(5-13)22-27(25,26)24-7-11-6-17(11,8-18)9-24/h2-3,10-13,22H,4-7,9H2,1H3,(H,19,20,21)/t11?,12-,13+,17?. The summed E-state index contributed by atoms with van der Waals surface area (Å²) < 4.78 is 29.5. The molecule has 3 aliphatic rings. The number of nitrogens with zero attached hydrogens (tertiary/aromatic N) is 5. The summed E-state index contributed by atoms with van der Waals surface area (Å²) in [5.41, 5.74) is 0.369. The monoisotopic (exact) mass is 387 g/mol. The van der Waals surface area contributed by atoms with E-state index in [0.29, 0.717) is 13.1 Å². The number of nitrogens with one attached hydrogen (secondary N) is 2. The molecule has 1 saturated heterocycles. The molecular formula is C17H21N7O2S. The van der Waals surface area contributed by atoms with Crippen molar-refractivity contribution in [2.75, 3.05) is 25.0 Å². The van der Waals surface area contributed by atoms with Gasteiger partial charge in [0.2, 0.25) is 0 Å². The molecule has 2 aliphatic carbocycles. The van der Waals surface area contributed by atoms with E-state index in [2.05, 4.69) is 30.6 Å². The van der Waals surface area contributed by atoms with Crippen LogP contribution in [0.15, 0.2) is 18.6 Å². The second-order valence-electron chi connectivity index (χ2n) is 7.95. The first-order chi connectivity index (χ1) is 12.9. The summed E-state index contributed by atoms with van der Waals surface area (Å²) in [5.74, 6) is 1.06. The predicted octanol–water partition coefficient (Wildman–Crippen LogP) is 0.605. The van der Waals surface area contributed by atoms with Gasteiger partial charge in [-0.3, -0.25) is 0 Å². The summed E-state index contributed by atoms with van der Waals surface area (Å²) in [6.45, 7) is 0.789. The number of aromatic amines is 1. The van der Waals surface area contributed by atoms with Crippen LogP contribution in [0.25, 0.3) is 11.0 Å². The average Bonchev–Trinajstić information content (AvgIpc) is 2.98. The zero-order chi connectivity index (χ0) is 18.8. The average molecular weight is 387 g/mol. The Morgan fingerprint density at radius 1 is 1.44 bits per heavy atom. The van der Waals surface area contributed by atoms with Gasteiger partial charge in [0.1, 0.15) is 17.8 Å². The molecule has 5 rings (SSSR count). The smallest absolute Gasteiger partial charge is 0.279 e. The Morgan fingerprint density at radius 2 is 2.26 bits per heavy atom. The van der Waals surface area contributed by atoms with Crippen molar-refractivity contribution in [1.29, 1.82) is 5.26 Å². The van der Waals surface area contributed by atoms with E-state index < -0.39 is 15.6 Å². The van der Waals surface area contributed by atoms with Gasteiger partial charge >= 0.3 is 0 Å². The highest BCUT2D eigenvalue weighted by atomic mass is 32.2. The maximum atomic E-state index is 12.6. The van der Waals surface area contributed by atoms with Crippen molar-refractivity contribution >= 4 is 27.1 Å². The van der Waals surface area contributed by atoms with Gasteiger partial charge in [-0.15, -0.1) is 0 Å². The molecule has 0 aromatic carbocycles. The third kappa shape index (κ3) is 2.61. The van der Waals surface area contributed by atoms with Crippen LogP contribution >= 0.6 is 0 Å². The van der Waals surface area contributed by atoms with Crippen molar-refractivity contribution in [3.05, 3.63) is 18.6 Å². The van der Waals surface area contributed by atoms with Gasteiger partial charge in [-0.05, 0) is 31.2 Å². The van der Waals surface area contributed by atoms with Crippen molar-refractivity contribution in [2.45, 2.75) is 31.3 Å². The zero-order valence-corrected chi connectivity index (χ0v) is 15.8. The predicted molar refractivity (Wildman–Crippen MR) is 98.9 cm³/mol. The molecule has 9 nitrogen and oxygen atoms in total. The molecule has 0 radical (unpaired) electrons. The molecule has 1 aliphatic heterocycles. The third-order valence-electron chi connectivity index (χ3n) is 6.32.